The number of carbonyl (C=O) groups excluding carboxylic acids is 2. The van der Waals surface area contributed by atoms with Crippen LogP contribution in [-0.4, -0.2) is 27.0 Å². The van der Waals surface area contributed by atoms with Gasteiger partial charge in [-0.3, -0.25) is 14.5 Å². The minimum absolute atomic E-state index is 0.0126. The molecule has 0 spiro atoms. The van der Waals surface area contributed by atoms with Gasteiger partial charge in [0.1, 0.15) is 5.76 Å². The average Bonchev–Trinajstić information content (AvgIpc) is 3.50. The second-order valence-corrected chi connectivity index (χ2v) is 13.4. The molecule has 10 heteroatoms. The Morgan fingerprint density at radius 3 is 2.12 bits per heavy atom. The molecule has 1 aromatic heterocycles. The van der Waals surface area contributed by atoms with Gasteiger partial charge in [-0.2, -0.15) is 0 Å². The van der Waals surface area contributed by atoms with E-state index in [9.17, 15) is 14.7 Å². The number of aliphatic hydroxyl groups is 1. The molecule has 1 unspecified atom stereocenters. The second kappa shape index (κ2) is 11.4. The molecule has 5 rings (SSSR count). The van der Waals surface area contributed by atoms with Crippen LogP contribution in [0.25, 0.3) is 5.76 Å². The van der Waals surface area contributed by atoms with Crippen molar-refractivity contribution >= 4 is 68.9 Å². The monoisotopic (exact) mass is 609 g/mol. The predicted octanol–water partition coefficient (Wildman–Crippen LogP) is 8.06. The number of aromatic nitrogens is 2. The molecule has 1 fully saturated rings. The van der Waals surface area contributed by atoms with E-state index in [4.69, 9.17) is 23.2 Å². The van der Waals surface area contributed by atoms with E-state index in [2.05, 4.69) is 31.0 Å². The number of rotatable bonds is 6. The molecule has 1 aliphatic heterocycles. The Morgan fingerprint density at radius 1 is 0.925 bits per heavy atom. The number of benzene rings is 3. The van der Waals surface area contributed by atoms with Crippen LogP contribution in [0.4, 0.5) is 5.13 Å². The second-order valence-electron chi connectivity index (χ2n) is 10.3. The zero-order chi connectivity index (χ0) is 28.6. The van der Waals surface area contributed by atoms with Crippen molar-refractivity contribution in [3.8, 4) is 0 Å². The smallest absolute Gasteiger partial charge is 0.301 e. The molecule has 1 aliphatic rings. The van der Waals surface area contributed by atoms with E-state index in [-0.39, 0.29) is 21.9 Å². The Balaban J connectivity index is 1.54. The molecule has 1 N–H and O–H groups in total. The van der Waals surface area contributed by atoms with Gasteiger partial charge in [-0.05, 0) is 58.5 Å². The standard InChI is InChI=1S/C30H25Cl2N3O3S2/c1-30(2,3)20-10-6-18(7-11-20)24-23(25(36)19-8-14-22(32)15-9-19)26(37)27(38)35(24)28-33-34-29(40-28)39-16-17-4-12-21(31)13-5-17/h4-15,24,36H,16H2,1-3H3/b25-23-. The normalized spacial score (nSPS) is 17.0. The van der Waals surface area contributed by atoms with Gasteiger partial charge in [0.05, 0.1) is 11.6 Å². The number of Topliss-reactive ketones (excluding diaryl/α,β-unsaturated/α-hetero) is 1. The maximum absolute atomic E-state index is 13.5. The molecule has 0 saturated carbocycles. The molecular formula is C30H25Cl2N3O3S2. The van der Waals surface area contributed by atoms with Gasteiger partial charge in [0, 0.05) is 21.4 Å². The molecular weight excluding hydrogens is 585 g/mol. The van der Waals surface area contributed by atoms with Crippen LogP contribution in [-0.2, 0) is 20.8 Å². The lowest BCUT2D eigenvalue weighted by Gasteiger charge is -2.24. The third-order valence-electron chi connectivity index (χ3n) is 6.53. The number of hydrogen-bond donors (Lipinski definition) is 1. The summed E-state index contributed by atoms with van der Waals surface area (Å²) in [6.45, 7) is 6.33. The Labute approximate surface area is 250 Å². The third kappa shape index (κ3) is 5.81. The minimum Gasteiger partial charge on any atom is -0.507 e. The largest absolute Gasteiger partial charge is 0.507 e. The van der Waals surface area contributed by atoms with Crippen LogP contribution in [0.15, 0.2) is 82.7 Å². The number of carbonyl (C=O) groups is 2. The predicted molar refractivity (Wildman–Crippen MR) is 162 cm³/mol. The lowest BCUT2D eigenvalue weighted by Crippen LogP contribution is -2.29. The van der Waals surface area contributed by atoms with E-state index in [0.29, 0.717) is 31.3 Å². The third-order valence-corrected chi connectivity index (χ3v) is 9.16. The fraction of sp³-hybridized carbons (Fsp3) is 0.200. The van der Waals surface area contributed by atoms with Crippen LogP contribution in [0.5, 0.6) is 0 Å². The van der Waals surface area contributed by atoms with Gasteiger partial charge in [0.2, 0.25) is 5.13 Å². The number of amides is 1. The summed E-state index contributed by atoms with van der Waals surface area (Å²) in [5.41, 5.74) is 3.13. The molecule has 0 bridgehead atoms. The van der Waals surface area contributed by atoms with Crippen molar-refractivity contribution in [2.24, 2.45) is 0 Å². The van der Waals surface area contributed by atoms with Gasteiger partial charge in [0.15, 0.2) is 4.34 Å². The summed E-state index contributed by atoms with van der Waals surface area (Å²) in [5.74, 6) is -1.20. The first kappa shape index (κ1) is 28.4. The average molecular weight is 611 g/mol. The van der Waals surface area contributed by atoms with Gasteiger partial charge in [-0.1, -0.05) is 103 Å². The fourth-order valence-corrected chi connectivity index (χ4v) is 6.43. The van der Waals surface area contributed by atoms with Crippen LogP contribution in [0, 0.1) is 0 Å². The van der Waals surface area contributed by atoms with E-state index in [0.717, 1.165) is 11.1 Å². The number of thioether (sulfide) groups is 1. The summed E-state index contributed by atoms with van der Waals surface area (Å²) in [5, 5.41) is 21.3. The molecule has 2 heterocycles. The van der Waals surface area contributed by atoms with E-state index in [1.54, 1.807) is 24.3 Å². The van der Waals surface area contributed by atoms with E-state index in [1.165, 1.54) is 28.0 Å². The van der Waals surface area contributed by atoms with E-state index < -0.39 is 17.7 Å². The molecule has 0 aliphatic carbocycles. The number of nitrogens with zero attached hydrogens (tertiary/aromatic N) is 3. The van der Waals surface area contributed by atoms with E-state index in [1.807, 2.05) is 48.5 Å². The molecule has 0 radical (unpaired) electrons. The maximum Gasteiger partial charge on any atom is 0.301 e. The van der Waals surface area contributed by atoms with Crippen molar-refractivity contribution in [1.29, 1.82) is 0 Å². The highest BCUT2D eigenvalue weighted by Crippen LogP contribution is 2.44. The molecule has 3 aromatic carbocycles. The zero-order valence-electron chi connectivity index (χ0n) is 21.9. The van der Waals surface area contributed by atoms with Gasteiger partial charge in [-0.15, -0.1) is 10.2 Å². The number of ketones is 1. The first-order chi connectivity index (χ1) is 19.0. The maximum atomic E-state index is 13.5. The number of anilines is 1. The molecule has 4 aromatic rings. The van der Waals surface area contributed by atoms with Gasteiger partial charge >= 0.3 is 5.91 Å². The van der Waals surface area contributed by atoms with Crippen molar-refractivity contribution in [3.05, 3.63) is 111 Å². The topological polar surface area (TPSA) is 83.4 Å². The molecule has 1 atom stereocenters. The summed E-state index contributed by atoms with van der Waals surface area (Å²) in [7, 11) is 0. The van der Waals surface area contributed by atoms with Gasteiger partial charge in [-0.25, -0.2) is 0 Å². The highest BCUT2D eigenvalue weighted by atomic mass is 35.5. The van der Waals surface area contributed by atoms with Crippen molar-refractivity contribution in [2.75, 3.05) is 4.90 Å². The van der Waals surface area contributed by atoms with Crippen LogP contribution in [0.2, 0.25) is 10.0 Å². The highest BCUT2D eigenvalue weighted by Gasteiger charge is 2.48. The van der Waals surface area contributed by atoms with Crippen LogP contribution >= 0.6 is 46.3 Å². The Bertz CT molecular complexity index is 1590. The molecule has 6 nitrogen and oxygen atoms in total. The van der Waals surface area contributed by atoms with Gasteiger partial charge < -0.3 is 5.11 Å². The SMILES string of the molecule is CC(C)(C)c1ccc(C2/C(=C(/O)c3ccc(Cl)cc3)C(=O)C(=O)N2c2nnc(SCc3ccc(Cl)cc3)s2)cc1. The van der Waals surface area contributed by atoms with Crippen molar-refractivity contribution in [1.82, 2.24) is 10.2 Å². The quantitative estimate of drug-likeness (QED) is 0.0782. The van der Waals surface area contributed by atoms with Crippen LogP contribution < -0.4 is 4.90 Å². The van der Waals surface area contributed by atoms with Crippen molar-refractivity contribution < 1.29 is 14.7 Å². The van der Waals surface area contributed by atoms with E-state index >= 15 is 0 Å². The molecule has 40 heavy (non-hydrogen) atoms. The molecule has 1 saturated heterocycles. The summed E-state index contributed by atoms with van der Waals surface area (Å²) in [4.78, 5) is 28.2. The van der Waals surface area contributed by atoms with Crippen molar-refractivity contribution in [3.63, 3.8) is 0 Å². The first-order valence-electron chi connectivity index (χ1n) is 12.4. The Hall–Kier alpha value is -3.17. The Morgan fingerprint density at radius 2 is 1.52 bits per heavy atom. The van der Waals surface area contributed by atoms with Crippen LogP contribution in [0.3, 0.4) is 0 Å². The summed E-state index contributed by atoms with van der Waals surface area (Å²) >= 11 is 14.7. The number of halogens is 2. The first-order valence-corrected chi connectivity index (χ1v) is 15.0. The lowest BCUT2D eigenvalue weighted by atomic mass is 9.85. The summed E-state index contributed by atoms with van der Waals surface area (Å²) < 4.78 is 0.645. The number of hydrogen-bond acceptors (Lipinski definition) is 7. The van der Waals surface area contributed by atoms with Crippen molar-refractivity contribution in [2.45, 2.75) is 42.3 Å². The summed E-state index contributed by atoms with van der Waals surface area (Å²) in [6.07, 6.45) is 0. The highest BCUT2D eigenvalue weighted by molar-refractivity contribution is 8.00. The minimum atomic E-state index is -0.883. The fourth-order valence-electron chi connectivity index (χ4n) is 4.36. The molecule has 204 valence electrons. The van der Waals surface area contributed by atoms with Gasteiger partial charge in [0.25, 0.3) is 5.78 Å². The summed E-state index contributed by atoms with van der Waals surface area (Å²) in [6, 6.07) is 20.8. The molecule has 1 amide bonds. The lowest BCUT2D eigenvalue weighted by molar-refractivity contribution is -0.132. The number of aliphatic hydroxyl groups excluding tert-OH is 1. The van der Waals surface area contributed by atoms with Crippen LogP contribution in [0.1, 0.15) is 49.1 Å². The Kier molecular flexibility index (Phi) is 8.06. The zero-order valence-corrected chi connectivity index (χ0v) is 25.0.